The molecule has 4 heteroatoms. The van der Waals surface area contributed by atoms with E-state index in [4.69, 9.17) is 14.2 Å². The molecule has 0 aromatic heterocycles. The summed E-state index contributed by atoms with van der Waals surface area (Å²) in [5.41, 5.74) is 3.70. The molecule has 0 amide bonds. The van der Waals surface area contributed by atoms with Crippen LogP contribution in [0.2, 0.25) is 0 Å². The van der Waals surface area contributed by atoms with Crippen molar-refractivity contribution >= 4 is 0 Å². The molecule has 5 rings (SSSR count). The molecule has 0 heterocycles. The fourth-order valence-corrected chi connectivity index (χ4v) is 4.76. The summed E-state index contributed by atoms with van der Waals surface area (Å²) in [5, 5.41) is 11.5. The van der Waals surface area contributed by atoms with Crippen LogP contribution in [0.3, 0.4) is 0 Å². The average molecular weight is 493 g/mol. The molecule has 37 heavy (non-hydrogen) atoms. The van der Waals surface area contributed by atoms with E-state index in [1.807, 2.05) is 97.1 Å². The van der Waals surface area contributed by atoms with E-state index in [1.54, 1.807) is 6.08 Å². The minimum absolute atomic E-state index is 0.367. The average Bonchev–Trinajstić information content (AvgIpc) is 2.96. The highest BCUT2D eigenvalue weighted by atomic mass is 16.5. The molecule has 0 radical (unpaired) electrons. The van der Waals surface area contributed by atoms with E-state index in [-0.39, 0.29) is 0 Å². The summed E-state index contributed by atoms with van der Waals surface area (Å²) in [6, 6.07) is 32.0. The number of aliphatic hydroxyl groups is 1. The monoisotopic (exact) mass is 492 g/mol. The first kappa shape index (κ1) is 24.7. The SMILES string of the molecule is C=CC1(O)CCCc2c1cc(OCc1ccccc1)c(OCc1ccccc1)c2OCc1ccccc1. The summed E-state index contributed by atoms with van der Waals surface area (Å²) in [7, 11) is 0. The molecule has 1 aliphatic carbocycles. The molecule has 0 bridgehead atoms. The third-order valence-corrected chi connectivity index (χ3v) is 6.78. The maximum Gasteiger partial charge on any atom is 0.204 e. The summed E-state index contributed by atoms with van der Waals surface area (Å²) >= 11 is 0. The molecule has 1 unspecified atom stereocenters. The second-order valence-electron chi connectivity index (χ2n) is 9.36. The van der Waals surface area contributed by atoms with Crippen molar-refractivity contribution in [2.75, 3.05) is 0 Å². The maximum absolute atomic E-state index is 11.5. The largest absolute Gasteiger partial charge is 0.485 e. The van der Waals surface area contributed by atoms with Crippen molar-refractivity contribution in [1.29, 1.82) is 0 Å². The van der Waals surface area contributed by atoms with Gasteiger partial charge in [-0.05, 0) is 47.6 Å². The lowest BCUT2D eigenvalue weighted by Gasteiger charge is -2.34. The molecule has 188 valence electrons. The molecular formula is C33H32O4. The Morgan fingerprint density at radius 2 is 1.19 bits per heavy atom. The molecule has 0 spiro atoms. The van der Waals surface area contributed by atoms with Gasteiger partial charge in [-0.15, -0.1) is 0 Å². The molecule has 4 aromatic carbocycles. The number of hydrogen-bond donors (Lipinski definition) is 1. The van der Waals surface area contributed by atoms with Gasteiger partial charge in [-0.25, -0.2) is 0 Å². The molecule has 0 aliphatic heterocycles. The van der Waals surface area contributed by atoms with E-state index in [2.05, 4.69) is 6.58 Å². The number of fused-ring (bicyclic) bond motifs is 1. The topological polar surface area (TPSA) is 47.9 Å². The lowest BCUT2D eigenvalue weighted by molar-refractivity contribution is 0.0686. The van der Waals surface area contributed by atoms with Gasteiger partial charge in [-0.2, -0.15) is 0 Å². The number of ether oxygens (including phenoxy) is 3. The number of benzene rings is 4. The van der Waals surface area contributed by atoms with Crippen LogP contribution >= 0.6 is 0 Å². The van der Waals surface area contributed by atoms with Gasteiger partial charge in [0.2, 0.25) is 5.75 Å². The quantitative estimate of drug-likeness (QED) is 0.239. The molecule has 1 N–H and O–H groups in total. The van der Waals surface area contributed by atoms with Crippen molar-refractivity contribution in [2.45, 2.75) is 44.7 Å². The highest BCUT2D eigenvalue weighted by Gasteiger charge is 2.36. The molecule has 4 nitrogen and oxygen atoms in total. The molecule has 0 fully saturated rings. The van der Waals surface area contributed by atoms with Gasteiger partial charge in [0.15, 0.2) is 11.5 Å². The van der Waals surface area contributed by atoms with Gasteiger partial charge in [-0.1, -0.05) is 104 Å². The highest BCUT2D eigenvalue weighted by Crippen LogP contribution is 2.50. The first-order valence-corrected chi connectivity index (χ1v) is 12.7. The van der Waals surface area contributed by atoms with Crippen molar-refractivity contribution in [2.24, 2.45) is 0 Å². The lowest BCUT2D eigenvalue weighted by atomic mass is 9.78. The summed E-state index contributed by atoms with van der Waals surface area (Å²) in [6.07, 6.45) is 3.82. The summed E-state index contributed by atoms with van der Waals surface area (Å²) in [6.45, 7) is 5.05. The smallest absolute Gasteiger partial charge is 0.204 e. The maximum atomic E-state index is 11.5. The van der Waals surface area contributed by atoms with Crippen molar-refractivity contribution < 1.29 is 19.3 Å². The van der Waals surface area contributed by atoms with E-state index in [1.165, 1.54) is 0 Å². The second kappa shape index (κ2) is 11.4. The van der Waals surface area contributed by atoms with Gasteiger partial charge in [0, 0.05) is 5.56 Å². The first-order chi connectivity index (χ1) is 18.2. The third kappa shape index (κ3) is 5.71. The van der Waals surface area contributed by atoms with Crippen LogP contribution in [0.15, 0.2) is 110 Å². The minimum atomic E-state index is -1.15. The fraction of sp³-hybridized carbons (Fsp3) is 0.212. The van der Waals surface area contributed by atoms with Crippen LogP contribution in [0, 0.1) is 0 Å². The number of hydrogen-bond acceptors (Lipinski definition) is 4. The van der Waals surface area contributed by atoms with Crippen LogP contribution in [0.4, 0.5) is 0 Å². The van der Waals surface area contributed by atoms with Gasteiger partial charge < -0.3 is 19.3 Å². The molecule has 1 atom stereocenters. The van der Waals surface area contributed by atoms with Crippen molar-refractivity contribution in [3.63, 3.8) is 0 Å². The van der Waals surface area contributed by atoms with E-state index >= 15 is 0 Å². The Hall–Kier alpha value is -4.02. The Balaban J connectivity index is 1.58. The molecule has 0 saturated heterocycles. The van der Waals surface area contributed by atoms with E-state index in [0.717, 1.165) is 40.7 Å². The van der Waals surface area contributed by atoms with Crippen LogP contribution in [0.1, 0.15) is 40.7 Å². The Bertz CT molecular complexity index is 1320. The van der Waals surface area contributed by atoms with Crippen LogP contribution in [0.5, 0.6) is 17.2 Å². The second-order valence-corrected chi connectivity index (χ2v) is 9.36. The first-order valence-electron chi connectivity index (χ1n) is 12.7. The highest BCUT2D eigenvalue weighted by molar-refractivity contribution is 5.62. The Kier molecular flexibility index (Phi) is 7.57. The lowest BCUT2D eigenvalue weighted by Crippen LogP contribution is -2.29. The molecular weight excluding hydrogens is 460 g/mol. The van der Waals surface area contributed by atoms with Crippen LogP contribution in [0.25, 0.3) is 0 Å². The molecule has 1 aliphatic rings. The van der Waals surface area contributed by atoms with Crippen LogP contribution < -0.4 is 14.2 Å². The zero-order valence-electron chi connectivity index (χ0n) is 20.9. The van der Waals surface area contributed by atoms with Crippen molar-refractivity contribution in [1.82, 2.24) is 0 Å². The summed E-state index contributed by atoms with van der Waals surface area (Å²) < 4.78 is 19.3. The van der Waals surface area contributed by atoms with Gasteiger partial charge >= 0.3 is 0 Å². The van der Waals surface area contributed by atoms with Gasteiger partial charge in [0.25, 0.3) is 0 Å². The predicted molar refractivity (Wildman–Crippen MR) is 146 cm³/mol. The zero-order valence-corrected chi connectivity index (χ0v) is 20.9. The third-order valence-electron chi connectivity index (χ3n) is 6.78. The van der Waals surface area contributed by atoms with E-state index in [9.17, 15) is 5.11 Å². The summed E-state index contributed by atoms with van der Waals surface area (Å²) in [5.74, 6) is 1.73. The van der Waals surface area contributed by atoms with Gasteiger partial charge in [0.05, 0.1) is 0 Å². The Labute approximate surface area is 218 Å². The van der Waals surface area contributed by atoms with Crippen molar-refractivity contribution in [3.8, 4) is 17.2 Å². The van der Waals surface area contributed by atoms with Crippen molar-refractivity contribution in [3.05, 3.63) is 138 Å². The molecule has 4 aromatic rings. The normalized spacial score (nSPS) is 16.5. The van der Waals surface area contributed by atoms with E-state index in [0.29, 0.717) is 43.5 Å². The number of rotatable bonds is 10. The van der Waals surface area contributed by atoms with Gasteiger partial charge in [0.1, 0.15) is 25.4 Å². The standard InChI is InChI=1S/C33H32O4/c1-2-33(34)20-12-19-28-29(33)21-30(35-22-25-13-6-3-7-14-25)32(37-24-27-17-10-5-11-18-27)31(28)36-23-26-15-8-4-9-16-26/h2-11,13-18,21,34H,1,12,19-20,22-24H2. The minimum Gasteiger partial charge on any atom is -0.485 e. The fourth-order valence-electron chi connectivity index (χ4n) is 4.76. The zero-order chi connectivity index (χ0) is 25.5. The van der Waals surface area contributed by atoms with Gasteiger partial charge in [-0.3, -0.25) is 0 Å². The predicted octanol–water partition coefficient (Wildman–Crippen LogP) is 7.13. The molecule has 0 saturated carbocycles. The summed E-state index contributed by atoms with van der Waals surface area (Å²) in [4.78, 5) is 0. The van der Waals surface area contributed by atoms with Crippen LogP contribution in [-0.2, 0) is 31.8 Å². The van der Waals surface area contributed by atoms with E-state index < -0.39 is 5.60 Å². The van der Waals surface area contributed by atoms with Crippen LogP contribution in [-0.4, -0.2) is 5.11 Å². The Morgan fingerprint density at radius 3 is 1.70 bits per heavy atom. The Morgan fingerprint density at radius 1 is 0.703 bits per heavy atom.